The van der Waals surface area contributed by atoms with Gasteiger partial charge in [0.05, 0.1) is 0 Å². The van der Waals surface area contributed by atoms with Crippen molar-refractivity contribution in [1.82, 2.24) is 0 Å². The molecule has 3 heteroatoms. The van der Waals surface area contributed by atoms with Gasteiger partial charge in [-0.3, -0.25) is 0 Å². The molecule has 0 saturated heterocycles. The highest BCUT2D eigenvalue weighted by molar-refractivity contribution is 7.27. The highest BCUT2D eigenvalue weighted by Gasteiger charge is 2.10. The monoisotopic (exact) mass is 326 g/mol. The van der Waals surface area contributed by atoms with Gasteiger partial charge in [0.1, 0.15) is 11.6 Å². The second-order valence-electron chi connectivity index (χ2n) is 5.48. The minimum atomic E-state index is -0.350. The first-order valence-corrected chi connectivity index (χ1v) is 8.10. The summed E-state index contributed by atoms with van der Waals surface area (Å²) in [6, 6.07) is 17.6. The third-order valence-electron chi connectivity index (χ3n) is 3.95. The maximum absolute atomic E-state index is 14.5. The third kappa shape index (κ3) is 3.33. The molecule has 0 aliphatic carbocycles. The van der Waals surface area contributed by atoms with Gasteiger partial charge in [0.2, 0.25) is 0 Å². The van der Waals surface area contributed by atoms with Gasteiger partial charge in [-0.05, 0) is 40.5 Å². The molecule has 0 aliphatic heterocycles. The van der Waals surface area contributed by atoms with Crippen LogP contribution in [0.15, 0.2) is 60.7 Å². The average Bonchev–Trinajstić information content (AvgIpc) is 2.55. The molecule has 1 atom stereocenters. The number of aryl methyl sites for hydroxylation is 1. The molecule has 1 unspecified atom stereocenters. The number of hydrogen-bond acceptors (Lipinski definition) is 0. The summed E-state index contributed by atoms with van der Waals surface area (Å²) in [5.74, 6) is -0.696. The van der Waals surface area contributed by atoms with Crippen molar-refractivity contribution < 1.29 is 8.78 Å². The molecule has 0 bridgehead atoms. The van der Waals surface area contributed by atoms with Crippen molar-refractivity contribution in [3.63, 3.8) is 0 Å². The Morgan fingerprint density at radius 3 is 1.91 bits per heavy atom. The Hall–Kier alpha value is -2.05. The van der Waals surface area contributed by atoms with Crippen LogP contribution in [0.3, 0.4) is 0 Å². The molecule has 0 saturated carbocycles. The maximum Gasteiger partial charge on any atom is 0.131 e. The van der Waals surface area contributed by atoms with Crippen LogP contribution in [-0.2, 0) is 6.42 Å². The fourth-order valence-electron chi connectivity index (χ4n) is 2.60. The Labute approximate surface area is 137 Å². The Balaban J connectivity index is 2.00. The van der Waals surface area contributed by atoms with Crippen LogP contribution in [0.5, 0.6) is 0 Å². The van der Waals surface area contributed by atoms with Crippen molar-refractivity contribution in [2.45, 2.75) is 13.3 Å². The van der Waals surface area contributed by atoms with E-state index in [-0.39, 0.29) is 11.6 Å². The van der Waals surface area contributed by atoms with Gasteiger partial charge in [-0.2, -0.15) is 0 Å². The van der Waals surface area contributed by atoms with Crippen molar-refractivity contribution in [2.24, 2.45) is 0 Å². The highest BCUT2D eigenvalue weighted by atomic mass is 31.0. The van der Waals surface area contributed by atoms with Crippen molar-refractivity contribution in [3.05, 3.63) is 77.9 Å². The summed E-state index contributed by atoms with van der Waals surface area (Å²) in [4.78, 5) is 0. The molecule has 0 aromatic heterocycles. The van der Waals surface area contributed by atoms with E-state index in [0.29, 0.717) is 16.7 Å². The zero-order valence-electron chi connectivity index (χ0n) is 12.8. The fraction of sp³-hybridized carbons (Fsp3) is 0.100. The lowest BCUT2D eigenvalue weighted by atomic mass is 9.98. The van der Waals surface area contributed by atoms with Crippen molar-refractivity contribution in [1.29, 1.82) is 0 Å². The Kier molecular flexibility index (Phi) is 4.54. The first-order chi connectivity index (χ1) is 11.1. The van der Waals surface area contributed by atoms with Gasteiger partial charge in [0.25, 0.3) is 0 Å². The summed E-state index contributed by atoms with van der Waals surface area (Å²) in [5.41, 5.74) is 3.51. The minimum absolute atomic E-state index is 0.346. The van der Waals surface area contributed by atoms with Crippen molar-refractivity contribution in [2.75, 3.05) is 0 Å². The smallest absolute Gasteiger partial charge is 0.131 e. The highest BCUT2D eigenvalue weighted by Crippen LogP contribution is 2.29. The minimum Gasteiger partial charge on any atom is -0.206 e. The van der Waals surface area contributed by atoms with Gasteiger partial charge in [-0.1, -0.05) is 55.5 Å². The largest absolute Gasteiger partial charge is 0.206 e. The second-order valence-corrected chi connectivity index (χ2v) is 6.15. The van der Waals surface area contributed by atoms with E-state index < -0.39 is 0 Å². The SMILES string of the molecule is CCc1ccc(-c2ccc(-c3ccc(P)cc3F)cc2F)cc1. The topological polar surface area (TPSA) is 0 Å². The third-order valence-corrected chi connectivity index (χ3v) is 4.31. The van der Waals surface area contributed by atoms with E-state index in [0.717, 1.165) is 17.3 Å². The average molecular weight is 326 g/mol. The van der Waals surface area contributed by atoms with Gasteiger partial charge in [0.15, 0.2) is 0 Å². The van der Waals surface area contributed by atoms with Gasteiger partial charge < -0.3 is 0 Å². The van der Waals surface area contributed by atoms with Crippen LogP contribution in [0.25, 0.3) is 22.3 Å². The zero-order chi connectivity index (χ0) is 16.4. The van der Waals surface area contributed by atoms with E-state index in [4.69, 9.17) is 0 Å². The number of benzene rings is 3. The lowest BCUT2D eigenvalue weighted by Gasteiger charge is -2.09. The van der Waals surface area contributed by atoms with Gasteiger partial charge in [-0.25, -0.2) is 8.78 Å². The molecule has 0 nitrogen and oxygen atoms in total. The molecule has 0 heterocycles. The van der Waals surface area contributed by atoms with E-state index in [1.165, 1.54) is 17.7 Å². The summed E-state index contributed by atoms with van der Waals surface area (Å²) in [7, 11) is 2.45. The maximum atomic E-state index is 14.5. The van der Waals surface area contributed by atoms with E-state index in [1.54, 1.807) is 24.3 Å². The standard InChI is InChI=1S/C20H17F2P/c1-2-13-3-5-14(6-4-13)17-9-7-15(11-19(17)21)18-10-8-16(23)12-20(18)22/h3-12H,2,23H2,1H3. The zero-order valence-corrected chi connectivity index (χ0v) is 14.0. The molecule has 0 fully saturated rings. The van der Waals surface area contributed by atoms with Crippen LogP contribution in [0.1, 0.15) is 12.5 Å². The van der Waals surface area contributed by atoms with Gasteiger partial charge in [-0.15, -0.1) is 9.24 Å². The molecule has 3 aromatic carbocycles. The molecule has 0 aliphatic rings. The fourth-order valence-corrected chi connectivity index (χ4v) is 2.84. The first-order valence-electron chi connectivity index (χ1n) is 7.52. The number of rotatable bonds is 3. The predicted molar refractivity (Wildman–Crippen MR) is 96.0 cm³/mol. The van der Waals surface area contributed by atoms with E-state index >= 15 is 0 Å². The van der Waals surface area contributed by atoms with Crippen LogP contribution >= 0.6 is 9.24 Å². The molecule has 23 heavy (non-hydrogen) atoms. The summed E-state index contributed by atoms with van der Waals surface area (Å²) >= 11 is 0. The molecule has 0 amide bonds. The normalized spacial score (nSPS) is 10.8. The second kappa shape index (κ2) is 6.60. The Morgan fingerprint density at radius 1 is 0.739 bits per heavy atom. The molecule has 0 N–H and O–H groups in total. The molecule has 0 radical (unpaired) electrons. The molecule has 0 spiro atoms. The molecular weight excluding hydrogens is 309 g/mol. The van der Waals surface area contributed by atoms with Crippen LogP contribution in [-0.4, -0.2) is 0 Å². The molecule has 3 aromatic rings. The molecule has 3 rings (SSSR count). The van der Waals surface area contributed by atoms with Crippen molar-refractivity contribution >= 4 is 14.5 Å². The van der Waals surface area contributed by atoms with Crippen LogP contribution in [0, 0.1) is 11.6 Å². The quantitative estimate of drug-likeness (QED) is 0.568. The van der Waals surface area contributed by atoms with E-state index in [1.807, 2.05) is 24.3 Å². The van der Waals surface area contributed by atoms with Gasteiger partial charge >= 0.3 is 0 Å². The number of halogens is 2. The predicted octanol–water partition coefficient (Wildman–Crippen LogP) is 5.36. The van der Waals surface area contributed by atoms with Crippen LogP contribution < -0.4 is 5.30 Å². The van der Waals surface area contributed by atoms with Crippen molar-refractivity contribution in [3.8, 4) is 22.3 Å². The summed E-state index contributed by atoms with van der Waals surface area (Å²) in [6.45, 7) is 2.08. The molecular formula is C20H17F2P. The van der Waals surface area contributed by atoms with E-state index in [9.17, 15) is 8.78 Å². The Morgan fingerprint density at radius 2 is 1.30 bits per heavy atom. The number of hydrogen-bond donors (Lipinski definition) is 0. The summed E-state index contributed by atoms with van der Waals surface area (Å²) < 4.78 is 28.5. The lowest BCUT2D eigenvalue weighted by Crippen LogP contribution is -1.95. The summed E-state index contributed by atoms with van der Waals surface area (Å²) in [5, 5.41) is 0.763. The lowest BCUT2D eigenvalue weighted by molar-refractivity contribution is 0.627. The Bertz CT molecular complexity index is 839. The van der Waals surface area contributed by atoms with Crippen LogP contribution in [0.2, 0.25) is 0 Å². The molecule has 116 valence electrons. The summed E-state index contributed by atoms with van der Waals surface area (Å²) in [6.07, 6.45) is 0.951. The first kappa shape index (κ1) is 15.8. The van der Waals surface area contributed by atoms with Gasteiger partial charge in [0, 0.05) is 11.1 Å². The van der Waals surface area contributed by atoms with E-state index in [2.05, 4.69) is 16.2 Å². The van der Waals surface area contributed by atoms with Crippen LogP contribution in [0.4, 0.5) is 8.78 Å².